The Morgan fingerprint density at radius 3 is 2.67 bits per heavy atom. The Hall–Kier alpha value is -0.660. The summed E-state index contributed by atoms with van der Waals surface area (Å²) >= 11 is 0. The van der Waals surface area contributed by atoms with Gasteiger partial charge in [0.15, 0.2) is 0 Å². The predicted octanol–water partition coefficient (Wildman–Crippen LogP) is -0.912. The van der Waals surface area contributed by atoms with E-state index in [2.05, 4.69) is 5.32 Å². The van der Waals surface area contributed by atoms with Gasteiger partial charge in [-0.2, -0.15) is 4.31 Å². The van der Waals surface area contributed by atoms with Crippen molar-refractivity contribution in [1.29, 1.82) is 0 Å². The summed E-state index contributed by atoms with van der Waals surface area (Å²) in [6.07, 6.45) is 1.52. The Morgan fingerprint density at radius 2 is 2.00 bits per heavy atom. The third kappa shape index (κ3) is 2.53. The van der Waals surface area contributed by atoms with Gasteiger partial charge in [0.25, 0.3) is 0 Å². The molecule has 0 bridgehead atoms. The van der Waals surface area contributed by atoms with Gasteiger partial charge in [-0.25, -0.2) is 8.42 Å². The lowest BCUT2D eigenvalue weighted by atomic mass is 10.0. The number of likely N-dealkylation sites (N-methyl/N-ethyl adjacent to an activating group) is 1. The van der Waals surface area contributed by atoms with E-state index in [1.165, 1.54) is 9.21 Å². The van der Waals surface area contributed by atoms with Crippen molar-refractivity contribution in [2.24, 2.45) is 5.92 Å². The molecule has 0 aromatic carbocycles. The average Bonchev–Trinajstić information content (AvgIpc) is 2.47. The van der Waals surface area contributed by atoms with E-state index in [0.717, 1.165) is 19.5 Å². The van der Waals surface area contributed by atoms with Gasteiger partial charge in [0.1, 0.15) is 0 Å². The molecule has 0 aromatic rings. The maximum atomic E-state index is 12.4. The zero-order chi connectivity index (χ0) is 13.3. The van der Waals surface area contributed by atoms with Crippen LogP contribution in [0.5, 0.6) is 0 Å². The van der Waals surface area contributed by atoms with Gasteiger partial charge in [-0.15, -0.1) is 0 Å². The first-order valence-electron chi connectivity index (χ1n) is 6.32. The number of hydrogen-bond donors (Lipinski definition) is 1. The third-order valence-electron chi connectivity index (χ3n) is 3.81. The summed E-state index contributed by atoms with van der Waals surface area (Å²) in [5.41, 5.74) is 0. The lowest BCUT2D eigenvalue weighted by molar-refractivity contribution is -0.128. The van der Waals surface area contributed by atoms with Gasteiger partial charge in [-0.1, -0.05) is 0 Å². The van der Waals surface area contributed by atoms with Gasteiger partial charge in [0.2, 0.25) is 15.9 Å². The van der Waals surface area contributed by atoms with Gasteiger partial charge >= 0.3 is 0 Å². The number of fused-ring (bicyclic) bond motifs is 1. The largest absolute Gasteiger partial charge is 0.348 e. The van der Waals surface area contributed by atoms with E-state index in [9.17, 15) is 13.2 Å². The summed E-state index contributed by atoms with van der Waals surface area (Å²) in [6, 6.07) is 0. The highest BCUT2D eigenvalue weighted by atomic mass is 32.2. The van der Waals surface area contributed by atoms with Crippen LogP contribution in [0.25, 0.3) is 0 Å². The molecule has 2 aliphatic heterocycles. The van der Waals surface area contributed by atoms with Crippen LogP contribution in [-0.2, 0) is 14.8 Å². The van der Waals surface area contributed by atoms with E-state index in [1.54, 1.807) is 14.1 Å². The highest BCUT2D eigenvalue weighted by Gasteiger charge is 2.46. The summed E-state index contributed by atoms with van der Waals surface area (Å²) in [6.45, 7) is 2.09. The van der Waals surface area contributed by atoms with Crippen LogP contribution in [0.15, 0.2) is 0 Å². The van der Waals surface area contributed by atoms with Crippen molar-refractivity contribution in [3.8, 4) is 0 Å². The van der Waals surface area contributed by atoms with Gasteiger partial charge in [0, 0.05) is 20.6 Å². The predicted molar refractivity (Wildman–Crippen MR) is 68.6 cm³/mol. The van der Waals surface area contributed by atoms with Crippen molar-refractivity contribution >= 4 is 15.9 Å². The minimum Gasteiger partial charge on any atom is -0.348 e. The zero-order valence-corrected chi connectivity index (χ0v) is 11.7. The number of carbonyl (C=O) groups is 1. The highest BCUT2D eigenvalue weighted by Crippen LogP contribution is 2.32. The molecule has 2 fully saturated rings. The molecule has 2 saturated heterocycles. The van der Waals surface area contributed by atoms with Crippen LogP contribution in [0, 0.1) is 5.92 Å². The smallest absolute Gasteiger partial charge is 0.237 e. The van der Waals surface area contributed by atoms with Crippen molar-refractivity contribution in [1.82, 2.24) is 14.5 Å². The molecule has 6 nitrogen and oxygen atoms in total. The summed E-state index contributed by atoms with van der Waals surface area (Å²) in [4.78, 5) is 13.1. The van der Waals surface area contributed by atoms with Crippen molar-refractivity contribution < 1.29 is 13.2 Å². The van der Waals surface area contributed by atoms with E-state index in [-0.39, 0.29) is 23.6 Å². The molecule has 2 heterocycles. The SMILES string of the molecule is CN(C)C(=O)CN1C[C@H]2CCNCC[C@H]2S1(=O)=O. The molecular formula is C11H21N3O3S. The summed E-state index contributed by atoms with van der Waals surface area (Å²) in [7, 11) is -0.00231. The van der Waals surface area contributed by atoms with Crippen LogP contribution < -0.4 is 5.32 Å². The number of amides is 1. The normalized spacial score (nSPS) is 31.7. The quantitative estimate of drug-likeness (QED) is 0.708. The molecule has 0 spiro atoms. The molecule has 0 unspecified atom stereocenters. The first kappa shape index (κ1) is 13.8. The van der Waals surface area contributed by atoms with Gasteiger partial charge in [0.05, 0.1) is 11.8 Å². The number of rotatable bonds is 2. The van der Waals surface area contributed by atoms with E-state index in [1.807, 2.05) is 0 Å². The third-order valence-corrected chi connectivity index (χ3v) is 6.20. The Labute approximate surface area is 108 Å². The van der Waals surface area contributed by atoms with Crippen LogP contribution in [0.2, 0.25) is 0 Å². The average molecular weight is 275 g/mol. The lowest BCUT2D eigenvalue weighted by Gasteiger charge is -2.18. The second kappa shape index (κ2) is 5.14. The Kier molecular flexibility index (Phi) is 3.93. The topological polar surface area (TPSA) is 69.7 Å². The molecule has 2 aliphatic rings. The van der Waals surface area contributed by atoms with Crippen LogP contribution in [0.3, 0.4) is 0 Å². The van der Waals surface area contributed by atoms with Crippen LogP contribution >= 0.6 is 0 Å². The minimum absolute atomic E-state index is 0.0181. The summed E-state index contributed by atoms with van der Waals surface area (Å²) < 4.78 is 26.1. The second-order valence-electron chi connectivity index (χ2n) is 5.25. The molecule has 7 heteroatoms. The molecular weight excluding hydrogens is 254 g/mol. The summed E-state index contributed by atoms with van der Waals surface area (Å²) in [5.74, 6) is 0.00752. The summed E-state index contributed by atoms with van der Waals surface area (Å²) in [5, 5.41) is 2.93. The van der Waals surface area contributed by atoms with E-state index >= 15 is 0 Å². The van der Waals surface area contributed by atoms with Crippen LogP contribution in [0.1, 0.15) is 12.8 Å². The monoisotopic (exact) mass is 275 g/mol. The van der Waals surface area contributed by atoms with Gasteiger partial charge in [-0.05, 0) is 31.8 Å². The molecule has 1 N–H and O–H groups in total. The minimum atomic E-state index is -3.29. The lowest BCUT2D eigenvalue weighted by Crippen LogP contribution is -2.39. The Morgan fingerprint density at radius 1 is 1.33 bits per heavy atom. The molecule has 2 rings (SSSR count). The number of hydrogen-bond acceptors (Lipinski definition) is 4. The fraction of sp³-hybridized carbons (Fsp3) is 0.909. The fourth-order valence-electron chi connectivity index (χ4n) is 2.68. The number of nitrogens with zero attached hydrogens (tertiary/aromatic N) is 2. The highest BCUT2D eigenvalue weighted by molar-refractivity contribution is 7.90. The molecule has 0 aromatic heterocycles. The van der Waals surface area contributed by atoms with Crippen molar-refractivity contribution in [2.45, 2.75) is 18.1 Å². The molecule has 0 radical (unpaired) electrons. The fourth-order valence-corrected chi connectivity index (χ4v) is 4.88. The zero-order valence-electron chi connectivity index (χ0n) is 10.9. The van der Waals surface area contributed by atoms with E-state index in [4.69, 9.17) is 0 Å². The standard InChI is InChI=1S/C11H21N3O3S/c1-13(2)11(15)8-14-7-9-3-5-12-6-4-10(9)18(14,16)17/h9-10,12H,3-8H2,1-2H3/t9-,10-/m1/s1. The maximum absolute atomic E-state index is 12.4. The molecule has 0 aliphatic carbocycles. The Bertz CT molecular complexity index is 421. The van der Waals surface area contributed by atoms with Crippen molar-refractivity contribution in [3.63, 3.8) is 0 Å². The number of nitrogens with one attached hydrogen (secondary N) is 1. The molecule has 2 atom stereocenters. The maximum Gasteiger partial charge on any atom is 0.237 e. The molecule has 1 amide bonds. The van der Waals surface area contributed by atoms with Crippen LogP contribution in [0.4, 0.5) is 0 Å². The number of carbonyl (C=O) groups excluding carboxylic acids is 1. The van der Waals surface area contributed by atoms with E-state index < -0.39 is 10.0 Å². The van der Waals surface area contributed by atoms with Gasteiger partial charge < -0.3 is 10.2 Å². The number of sulfonamides is 1. The van der Waals surface area contributed by atoms with Crippen LogP contribution in [-0.4, -0.2) is 69.1 Å². The van der Waals surface area contributed by atoms with Crippen molar-refractivity contribution in [2.75, 3.05) is 40.3 Å². The molecule has 0 saturated carbocycles. The van der Waals surface area contributed by atoms with Crippen molar-refractivity contribution in [3.05, 3.63) is 0 Å². The first-order chi connectivity index (χ1) is 8.43. The molecule has 18 heavy (non-hydrogen) atoms. The first-order valence-corrected chi connectivity index (χ1v) is 7.83. The molecule has 104 valence electrons. The van der Waals surface area contributed by atoms with Gasteiger partial charge in [-0.3, -0.25) is 4.79 Å². The van der Waals surface area contributed by atoms with E-state index in [0.29, 0.717) is 13.0 Å². The second-order valence-corrected chi connectivity index (χ2v) is 7.40. The Balaban J connectivity index is 2.13.